The van der Waals surface area contributed by atoms with E-state index in [4.69, 9.17) is 14.6 Å². The van der Waals surface area contributed by atoms with Gasteiger partial charge in [0.05, 0.1) is 26.3 Å². The third-order valence-corrected chi connectivity index (χ3v) is 6.51. The first-order chi connectivity index (χ1) is 18.5. The van der Waals surface area contributed by atoms with Gasteiger partial charge >= 0.3 is 11.9 Å². The van der Waals surface area contributed by atoms with E-state index in [1.807, 2.05) is 0 Å². The van der Waals surface area contributed by atoms with Gasteiger partial charge < -0.3 is 29.9 Å². The van der Waals surface area contributed by atoms with Gasteiger partial charge in [-0.25, -0.2) is 0 Å². The normalized spacial score (nSPS) is 11.8. The molecule has 0 aliphatic carbocycles. The number of amides is 1. The van der Waals surface area contributed by atoms with Crippen LogP contribution in [0.25, 0.3) is 0 Å². The molecule has 0 fully saturated rings. The molecular weight excluding hydrogens is 488 g/mol. The highest BCUT2D eigenvalue weighted by Crippen LogP contribution is 2.10. The third kappa shape index (κ3) is 21.2. The zero-order valence-electron chi connectivity index (χ0n) is 24.2. The molecule has 38 heavy (non-hydrogen) atoms. The number of carbonyl (C=O) groups is 3. The maximum absolute atomic E-state index is 12.9. The number of aliphatic hydroxyl groups is 2. The number of hydrogen-bond acceptors (Lipinski definition) is 8. The Kier molecular flexibility index (Phi) is 25.7. The van der Waals surface area contributed by atoms with Gasteiger partial charge in [0.2, 0.25) is 5.91 Å². The van der Waals surface area contributed by atoms with Crippen molar-refractivity contribution in [2.75, 3.05) is 46.1 Å². The maximum atomic E-state index is 12.9. The topological polar surface area (TPSA) is 125 Å². The molecule has 9 heteroatoms. The highest BCUT2D eigenvalue weighted by molar-refractivity contribution is 5.82. The fraction of sp³-hybridized carbons (Fsp3) is 0.897. The van der Waals surface area contributed by atoms with Gasteiger partial charge in [-0.2, -0.15) is 0 Å². The van der Waals surface area contributed by atoms with Crippen molar-refractivity contribution in [3.63, 3.8) is 0 Å². The highest BCUT2D eigenvalue weighted by atomic mass is 16.5. The van der Waals surface area contributed by atoms with Crippen molar-refractivity contribution in [3.05, 3.63) is 0 Å². The molecule has 0 rings (SSSR count). The average Bonchev–Trinajstić information content (AvgIpc) is 2.91. The van der Waals surface area contributed by atoms with Crippen molar-refractivity contribution >= 4 is 17.8 Å². The van der Waals surface area contributed by atoms with Crippen LogP contribution in [0.1, 0.15) is 117 Å². The van der Waals surface area contributed by atoms with E-state index < -0.39 is 18.6 Å². The smallest absolute Gasteiger partial charge is 0.305 e. The molecule has 0 aromatic rings. The Bertz CT molecular complexity index is 553. The average molecular weight is 545 g/mol. The standard InChI is InChI=1S/C29H56N2O7/c1-3-5-7-9-11-13-15-17-27(34)37-23-20-31(29(36)26(25-33)30-19-22-32)21-24-38-28(35)18-16-14-12-10-8-6-4-2/h26,30,32-33H,3-25H2,1-2H3. The summed E-state index contributed by atoms with van der Waals surface area (Å²) in [6.45, 7) is 4.25. The summed E-state index contributed by atoms with van der Waals surface area (Å²) >= 11 is 0. The second kappa shape index (κ2) is 26.9. The van der Waals surface area contributed by atoms with Gasteiger partial charge in [0.25, 0.3) is 0 Å². The SMILES string of the molecule is CCCCCCCCCC(=O)OCCN(CCOC(=O)CCCCCCCCC)C(=O)C(CO)NCCO. The number of nitrogens with one attached hydrogen (secondary N) is 1. The lowest BCUT2D eigenvalue weighted by Crippen LogP contribution is -2.51. The van der Waals surface area contributed by atoms with Crippen molar-refractivity contribution in [3.8, 4) is 0 Å². The van der Waals surface area contributed by atoms with Crippen molar-refractivity contribution in [2.24, 2.45) is 0 Å². The van der Waals surface area contributed by atoms with Crippen LogP contribution in [0.2, 0.25) is 0 Å². The first-order valence-electron chi connectivity index (χ1n) is 15.0. The lowest BCUT2D eigenvalue weighted by atomic mass is 10.1. The summed E-state index contributed by atoms with van der Waals surface area (Å²) in [5.41, 5.74) is 0. The van der Waals surface area contributed by atoms with Crippen LogP contribution in [0.3, 0.4) is 0 Å². The van der Waals surface area contributed by atoms with Crippen molar-refractivity contribution < 1.29 is 34.1 Å². The summed E-state index contributed by atoms with van der Waals surface area (Å²) < 4.78 is 10.7. The Balaban J connectivity index is 4.44. The largest absolute Gasteiger partial charge is 0.464 e. The van der Waals surface area contributed by atoms with E-state index in [1.165, 1.54) is 56.3 Å². The van der Waals surface area contributed by atoms with Crippen LogP contribution in [0.5, 0.6) is 0 Å². The van der Waals surface area contributed by atoms with Gasteiger partial charge in [0.15, 0.2) is 0 Å². The molecule has 0 aliphatic heterocycles. The Morgan fingerprint density at radius 2 is 1.11 bits per heavy atom. The van der Waals surface area contributed by atoms with E-state index in [0.717, 1.165) is 38.5 Å². The Labute approximate surface area is 231 Å². The number of aliphatic hydroxyl groups excluding tert-OH is 2. The van der Waals surface area contributed by atoms with Crippen LogP contribution in [0.4, 0.5) is 0 Å². The number of hydrogen-bond donors (Lipinski definition) is 3. The first-order valence-corrected chi connectivity index (χ1v) is 15.0. The molecule has 3 N–H and O–H groups in total. The molecule has 0 aromatic heterocycles. The second-order valence-corrected chi connectivity index (χ2v) is 9.92. The van der Waals surface area contributed by atoms with Crippen molar-refractivity contribution in [2.45, 2.75) is 123 Å². The van der Waals surface area contributed by atoms with Crippen LogP contribution in [0, 0.1) is 0 Å². The molecule has 0 saturated heterocycles. The van der Waals surface area contributed by atoms with Crippen LogP contribution in [-0.2, 0) is 23.9 Å². The first kappa shape index (κ1) is 36.3. The number of carbonyl (C=O) groups excluding carboxylic acids is 3. The minimum atomic E-state index is -0.894. The zero-order valence-corrected chi connectivity index (χ0v) is 24.2. The molecule has 224 valence electrons. The molecule has 0 aliphatic rings. The molecule has 1 unspecified atom stereocenters. The van der Waals surface area contributed by atoms with E-state index in [-0.39, 0.29) is 51.4 Å². The van der Waals surface area contributed by atoms with Gasteiger partial charge in [0, 0.05) is 19.4 Å². The predicted molar refractivity (Wildman–Crippen MR) is 150 cm³/mol. The molecule has 0 saturated carbocycles. The highest BCUT2D eigenvalue weighted by Gasteiger charge is 2.23. The Morgan fingerprint density at radius 1 is 0.684 bits per heavy atom. The lowest BCUT2D eigenvalue weighted by Gasteiger charge is -2.27. The number of ether oxygens (including phenoxy) is 2. The maximum Gasteiger partial charge on any atom is 0.305 e. The van der Waals surface area contributed by atoms with E-state index in [1.54, 1.807) is 0 Å². The number of rotatable bonds is 27. The predicted octanol–water partition coefficient (Wildman–Crippen LogP) is 4.13. The van der Waals surface area contributed by atoms with Crippen LogP contribution >= 0.6 is 0 Å². The summed E-state index contributed by atoms with van der Waals surface area (Å²) in [4.78, 5) is 38.5. The molecule has 0 spiro atoms. The summed E-state index contributed by atoms with van der Waals surface area (Å²) in [7, 11) is 0. The second-order valence-electron chi connectivity index (χ2n) is 9.92. The summed E-state index contributed by atoms with van der Waals surface area (Å²) in [6, 6.07) is -0.894. The van der Waals surface area contributed by atoms with Crippen LogP contribution in [-0.4, -0.2) is 85.1 Å². The van der Waals surface area contributed by atoms with E-state index >= 15 is 0 Å². The molecule has 0 bridgehead atoms. The fourth-order valence-corrected chi connectivity index (χ4v) is 4.16. The minimum Gasteiger partial charge on any atom is -0.464 e. The quantitative estimate of drug-likeness (QED) is 0.104. The van der Waals surface area contributed by atoms with Gasteiger partial charge in [0.1, 0.15) is 19.3 Å². The van der Waals surface area contributed by atoms with Crippen LogP contribution in [0.15, 0.2) is 0 Å². The lowest BCUT2D eigenvalue weighted by molar-refractivity contribution is -0.148. The van der Waals surface area contributed by atoms with Crippen molar-refractivity contribution in [1.82, 2.24) is 10.2 Å². The number of unbranched alkanes of at least 4 members (excludes halogenated alkanes) is 12. The molecule has 0 heterocycles. The van der Waals surface area contributed by atoms with E-state index in [9.17, 15) is 19.5 Å². The summed E-state index contributed by atoms with van der Waals surface area (Å²) in [5.74, 6) is -0.972. The Hall–Kier alpha value is -1.71. The molecular formula is C29H56N2O7. The Morgan fingerprint density at radius 3 is 1.50 bits per heavy atom. The summed E-state index contributed by atoms with van der Waals surface area (Å²) in [6.07, 6.45) is 16.3. The van der Waals surface area contributed by atoms with Gasteiger partial charge in [-0.15, -0.1) is 0 Å². The van der Waals surface area contributed by atoms with Gasteiger partial charge in [-0.05, 0) is 12.8 Å². The van der Waals surface area contributed by atoms with E-state index in [2.05, 4.69) is 19.2 Å². The van der Waals surface area contributed by atoms with Crippen LogP contribution < -0.4 is 5.32 Å². The molecule has 0 aromatic carbocycles. The van der Waals surface area contributed by atoms with Crippen molar-refractivity contribution in [1.29, 1.82) is 0 Å². The monoisotopic (exact) mass is 544 g/mol. The van der Waals surface area contributed by atoms with Gasteiger partial charge in [-0.1, -0.05) is 90.9 Å². The summed E-state index contributed by atoms with van der Waals surface area (Å²) in [5, 5.41) is 21.4. The van der Waals surface area contributed by atoms with Gasteiger partial charge in [-0.3, -0.25) is 14.4 Å². The van der Waals surface area contributed by atoms with E-state index in [0.29, 0.717) is 12.8 Å². The zero-order chi connectivity index (χ0) is 28.3. The minimum absolute atomic E-state index is 0.0329. The number of esters is 2. The number of nitrogens with zero attached hydrogens (tertiary/aromatic N) is 1. The fourth-order valence-electron chi connectivity index (χ4n) is 4.16. The third-order valence-electron chi connectivity index (χ3n) is 6.51. The molecule has 1 atom stereocenters. The molecule has 1 amide bonds. The molecule has 0 radical (unpaired) electrons. The molecule has 9 nitrogen and oxygen atoms in total.